The van der Waals surface area contributed by atoms with Crippen LogP contribution in [0.3, 0.4) is 0 Å². The minimum atomic E-state index is -4.37. The van der Waals surface area contributed by atoms with Crippen molar-refractivity contribution in [3.8, 4) is 0 Å². The molecular weight excluding hydrogens is 527 g/mol. The lowest BCUT2D eigenvalue weighted by Gasteiger charge is -2.21. The molecular formula is C30H26F3NO4S. The van der Waals surface area contributed by atoms with E-state index in [4.69, 9.17) is 4.42 Å². The molecule has 1 aromatic heterocycles. The Morgan fingerprint density at radius 2 is 1.69 bits per heavy atom. The zero-order valence-corrected chi connectivity index (χ0v) is 21.7. The second-order valence-corrected chi connectivity index (χ2v) is 11.4. The molecule has 1 aliphatic rings. The van der Waals surface area contributed by atoms with E-state index >= 15 is 0 Å². The zero-order chi connectivity index (χ0) is 27.6. The number of hydrogen-bond donors (Lipinski definition) is 0. The van der Waals surface area contributed by atoms with Crippen LogP contribution in [0, 0.1) is 0 Å². The summed E-state index contributed by atoms with van der Waals surface area (Å²) in [6.07, 6.45) is 0.838. The van der Waals surface area contributed by atoms with Gasteiger partial charge in [0.1, 0.15) is 5.58 Å². The molecule has 3 aromatic carbocycles. The Morgan fingerprint density at radius 3 is 2.44 bits per heavy atom. The van der Waals surface area contributed by atoms with Gasteiger partial charge in [0.05, 0.1) is 11.6 Å². The van der Waals surface area contributed by atoms with Gasteiger partial charge in [0.25, 0.3) is 10.0 Å². The molecule has 1 saturated heterocycles. The monoisotopic (exact) mass is 553 g/mol. The van der Waals surface area contributed by atoms with Crippen molar-refractivity contribution in [2.45, 2.75) is 43.0 Å². The van der Waals surface area contributed by atoms with Crippen LogP contribution in [-0.2, 0) is 27.4 Å². The van der Waals surface area contributed by atoms with Crippen LogP contribution in [0.2, 0.25) is 0 Å². The Kier molecular flexibility index (Phi) is 7.46. The molecule has 5 nitrogen and oxygen atoms in total. The molecule has 0 radical (unpaired) electrons. The number of rotatable bonds is 8. The first-order valence-corrected chi connectivity index (χ1v) is 14.0. The van der Waals surface area contributed by atoms with Gasteiger partial charge in [-0.3, -0.25) is 4.79 Å². The number of furan rings is 1. The molecule has 0 N–H and O–H groups in total. The molecule has 2 heterocycles. The molecule has 5 rings (SSSR count). The third-order valence-electron chi connectivity index (χ3n) is 6.86. The summed E-state index contributed by atoms with van der Waals surface area (Å²) in [4.78, 5) is 13.1. The molecule has 202 valence electrons. The summed E-state index contributed by atoms with van der Waals surface area (Å²) >= 11 is 0. The number of aryl methyl sites for hydroxylation is 1. The highest BCUT2D eigenvalue weighted by molar-refractivity contribution is 7.89. The van der Waals surface area contributed by atoms with Crippen molar-refractivity contribution in [1.29, 1.82) is 0 Å². The van der Waals surface area contributed by atoms with Crippen LogP contribution in [0.25, 0.3) is 23.1 Å². The number of fused-ring (bicyclic) bond motifs is 1. The summed E-state index contributed by atoms with van der Waals surface area (Å²) < 4.78 is 71.8. The summed E-state index contributed by atoms with van der Waals surface area (Å²) in [6, 6.07) is 20.2. The molecule has 1 aliphatic heterocycles. The number of hydrogen-bond acceptors (Lipinski definition) is 4. The molecule has 1 atom stereocenters. The van der Waals surface area contributed by atoms with Crippen molar-refractivity contribution in [3.05, 3.63) is 101 Å². The highest BCUT2D eigenvalue weighted by atomic mass is 32.2. The molecule has 4 aromatic rings. The number of halogens is 3. The molecule has 1 fully saturated rings. The topological polar surface area (TPSA) is 67.6 Å². The summed E-state index contributed by atoms with van der Waals surface area (Å²) in [5.41, 5.74) is 2.16. The first-order chi connectivity index (χ1) is 18.6. The summed E-state index contributed by atoms with van der Waals surface area (Å²) in [5, 5.41) is 0.529. The maximum absolute atomic E-state index is 13.3. The number of ketones is 1. The van der Waals surface area contributed by atoms with E-state index in [1.807, 2.05) is 24.3 Å². The zero-order valence-electron chi connectivity index (χ0n) is 20.9. The Balaban J connectivity index is 1.23. The molecule has 0 spiro atoms. The first-order valence-electron chi connectivity index (χ1n) is 12.6. The van der Waals surface area contributed by atoms with Crippen molar-refractivity contribution in [3.63, 3.8) is 0 Å². The number of Topliss-reactive ketones (excluding diaryl/α,β-unsaturated/α-hetero) is 1. The van der Waals surface area contributed by atoms with Crippen LogP contribution in [0.5, 0.6) is 0 Å². The molecule has 0 bridgehead atoms. The standard InChI is InChI=1S/C30H26F3NO4S/c31-30(32,33)25-15-12-21(13-16-25)10-11-22-5-3-6-23(19-22)14-17-27(35)26-8-4-18-34(26)39(36,37)29-20-24-7-1-2-9-28(24)38-29/h1-3,5-7,9-13,15-16,19-20,26H,4,8,14,17-18H2/b11-10+/t26-/m0/s1. The van der Waals surface area contributed by atoms with Crippen LogP contribution in [-0.4, -0.2) is 31.1 Å². The van der Waals surface area contributed by atoms with Crippen molar-refractivity contribution in [1.82, 2.24) is 4.31 Å². The Hall–Kier alpha value is -3.69. The van der Waals surface area contributed by atoms with E-state index in [1.54, 1.807) is 36.4 Å². The Bertz CT molecular complexity index is 1590. The molecule has 0 amide bonds. The maximum atomic E-state index is 13.3. The maximum Gasteiger partial charge on any atom is 0.416 e. The van der Waals surface area contributed by atoms with Crippen LogP contribution in [0.15, 0.2) is 88.4 Å². The summed E-state index contributed by atoms with van der Waals surface area (Å²) in [5.74, 6) is -0.141. The number of nitrogens with zero attached hydrogens (tertiary/aromatic N) is 1. The predicted molar refractivity (Wildman–Crippen MR) is 143 cm³/mol. The van der Waals surface area contributed by atoms with Gasteiger partial charge in [0.15, 0.2) is 5.78 Å². The van der Waals surface area contributed by atoms with Gasteiger partial charge in [0.2, 0.25) is 5.09 Å². The van der Waals surface area contributed by atoms with E-state index in [0.29, 0.717) is 35.8 Å². The lowest BCUT2D eigenvalue weighted by molar-refractivity contribution is -0.137. The smallest absolute Gasteiger partial charge is 0.416 e. The Labute approximate surface area is 224 Å². The van der Waals surface area contributed by atoms with Crippen LogP contribution in [0.1, 0.15) is 41.5 Å². The van der Waals surface area contributed by atoms with Gasteiger partial charge in [-0.1, -0.05) is 66.7 Å². The second kappa shape index (κ2) is 10.8. The quantitative estimate of drug-likeness (QED) is 0.221. The van der Waals surface area contributed by atoms with E-state index in [1.165, 1.54) is 22.5 Å². The third-order valence-corrected chi connectivity index (χ3v) is 8.62. The van der Waals surface area contributed by atoms with E-state index < -0.39 is 27.8 Å². The largest absolute Gasteiger partial charge is 0.443 e. The van der Waals surface area contributed by atoms with Gasteiger partial charge in [-0.15, -0.1) is 0 Å². The molecule has 39 heavy (non-hydrogen) atoms. The van der Waals surface area contributed by atoms with Gasteiger partial charge in [-0.2, -0.15) is 17.5 Å². The fourth-order valence-electron chi connectivity index (χ4n) is 4.81. The van der Waals surface area contributed by atoms with Gasteiger partial charge < -0.3 is 4.42 Å². The van der Waals surface area contributed by atoms with Gasteiger partial charge in [-0.25, -0.2) is 8.42 Å². The van der Waals surface area contributed by atoms with Crippen LogP contribution < -0.4 is 0 Å². The molecule has 0 aliphatic carbocycles. The number of benzene rings is 3. The minimum Gasteiger partial charge on any atom is -0.443 e. The summed E-state index contributed by atoms with van der Waals surface area (Å²) in [6.45, 7) is 0.264. The number of carbonyl (C=O) groups is 1. The summed E-state index contributed by atoms with van der Waals surface area (Å²) in [7, 11) is -3.95. The average molecular weight is 554 g/mol. The van der Waals surface area contributed by atoms with Crippen molar-refractivity contribution in [2.75, 3.05) is 6.54 Å². The average Bonchev–Trinajstić information content (AvgIpc) is 3.59. The van der Waals surface area contributed by atoms with Crippen molar-refractivity contribution in [2.24, 2.45) is 0 Å². The highest BCUT2D eigenvalue weighted by Gasteiger charge is 2.40. The van der Waals surface area contributed by atoms with Crippen molar-refractivity contribution >= 4 is 38.9 Å². The SMILES string of the molecule is O=C(CCc1cccc(/C=C/c2ccc(C(F)(F)F)cc2)c1)[C@@H]1CCCN1S(=O)(=O)c1cc2ccccc2o1. The fourth-order valence-corrected chi connectivity index (χ4v) is 6.44. The number of alkyl halides is 3. The number of sulfonamides is 1. The Morgan fingerprint density at radius 1 is 0.949 bits per heavy atom. The van der Waals surface area contributed by atoms with E-state index in [2.05, 4.69) is 0 Å². The normalized spacial score (nSPS) is 16.8. The number of carbonyl (C=O) groups excluding carboxylic acids is 1. The number of para-hydroxylation sites is 1. The van der Waals surface area contributed by atoms with E-state index in [0.717, 1.165) is 23.3 Å². The molecule has 9 heteroatoms. The van der Waals surface area contributed by atoms with E-state index in [-0.39, 0.29) is 23.8 Å². The van der Waals surface area contributed by atoms with Gasteiger partial charge >= 0.3 is 6.18 Å². The van der Waals surface area contributed by atoms with Gasteiger partial charge in [0, 0.05) is 24.4 Å². The van der Waals surface area contributed by atoms with Crippen molar-refractivity contribution < 1.29 is 30.8 Å². The van der Waals surface area contributed by atoms with E-state index in [9.17, 15) is 26.4 Å². The lowest BCUT2D eigenvalue weighted by atomic mass is 10.0. The molecule has 0 saturated carbocycles. The first kappa shape index (κ1) is 26.9. The lowest BCUT2D eigenvalue weighted by Crippen LogP contribution is -2.40. The van der Waals surface area contributed by atoms with Crippen LogP contribution >= 0.6 is 0 Å². The minimum absolute atomic E-state index is 0.141. The highest BCUT2D eigenvalue weighted by Crippen LogP contribution is 2.31. The predicted octanol–water partition coefficient (Wildman–Crippen LogP) is 6.98. The third kappa shape index (κ3) is 5.99. The van der Waals surface area contributed by atoms with Gasteiger partial charge in [-0.05, 0) is 54.2 Å². The molecule has 0 unspecified atom stereocenters. The second-order valence-electron chi connectivity index (χ2n) is 9.54. The fraction of sp³-hybridized carbons (Fsp3) is 0.233. The van der Waals surface area contributed by atoms with Crippen LogP contribution in [0.4, 0.5) is 13.2 Å².